The van der Waals surface area contributed by atoms with Crippen molar-refractivity contribution in [3.05, 3.63) is 53.4 Å². The smallest absolute Gasteiger partial charge is 0.290 e. The predicted molar refractivity (Wildman–Crippen MR) is 105 cm³/mol. The fraction of sp³-hybridized carbons (Fsp3) is 0.0556. The van der Waals surface area contributed by atoms with Crippen molar-refractivity contribution in [2.24, 2.45) is 0 Å². The van der Waals surface area contributed by atoms with Crippen LogP contribution in [0.3, 0.4) is 0 Å². The maximum Gasteiger partial charge on any atom is 0.290 e. The van der Waals surface area contributed by atoms with E-state index in [9.17, 15) is 18.0 Å². The van der Waals surface area contributed by atoms with Crippen molar-refractivity contribution in [2.45, 2.75) is 4.90 Å². The van der Waals surface area contributed by atoms with Crippen LogP contribution in [0.25, 0.3) is 28.2 Å². The van der Waals surface area contributed by atoms with Gasteiger partial charge in [-0.3, -0.25) is 19.9 Å². The minimum Gasteiger partial charge on any atom is -0.456 e. The second-order valence-corrected chi connectivity index (χ2v) is 8.74. The molecular formula is C18H13N3O5S2. The summed E-state index contributed by atoms with van der Waals surface area (Å²) < 4.78 is 31.9. The molecule has 1 saturated heterocycles. The van der Waals surface area contributed by atoms with Gasteiger partial charge < -0.3 is 4.42 Å². The zero-order valence-corrected chi connectivity index (χ0v) is 16.1. The summed E-state index contributed by atoms with van der Waals surface area (Å²) in [6.45, 7) is 0. The van der Waals surface area contributed by atoms with E-state index in [1.54, 1.807) is 30.6 Å². The summed E-state index contributed by atoms with van der Waals surface area (Å²) in [6.07, 6.45) is 4.74. The number of fused-ring (bicyclic) bond motifs is 1. The van der Waals surface area contributed by atoms with Crippen LogP contribution in [0.1, 0.15) is 5.76 Å². The van der Waals surface area contributed by atoms with Gasteiger partial charge in [-0.25, -0.2) is 13.1 Å². The summed E-state index contributed by atoms with van der Waals surface area (Å²) in [7, 11) is -2.17. The number of aromatic nitrogens is 1. The van der Waals surface area contributed by atoms with E-state index in [0.29, 0.717) is 22.3 Å². The van der Waals surface area contributed by atoms with Crippen LogP contribution >= 0.6 is 11.8 Å². The lowest BCUT2D eigenvalue weighted by Gasteiger charge is -2.05. The number of furan rings is 1. The van der Waals surface area contributed by atoms with Gasteiger partial charge in [-0.2, -0.15) is 0 Å². The number of hydrogen-bond acceptors (Lipinski definition) is 7. The Kier molecular flexibility index (Phi) is 4.53. The number of hydrogen-bond donors (Lipinski definition) is 2. The molecular weight excluding hydrogens is 402 g/mol. The molecule has 0 saturated carbocycles. The van der Waals surface area contributed by atoms with Crippen LogP contribution in [-0.2, 0) is 14.8 Å². The Morgan fingerprint density at radius 3 is 2.57 bits per heavy atom. The first-order chi connectivity index (χ1) is 13.4. The van der Waals surface area contributed by atoms with E-state index in [2.05, 4.69) is 15.0 Å². The van der Waals surface area contributed by atoms with E-state index in [-0.39, 0.29) is 9.80 Å². The van der Waals surface area contributed by atoms with Gasteiger partial charge in [-0.1, -0.05) is 12.1 Å². The molecule has 28 heavy (non-hydrogen) atoms. The minimum absolute atomic E-state index is 0.151. The molecule has 3 aromatic rings. The van der Waals surface area contributed by atoms with Gasteiger partial charge >= 0.3 is 0 Å². The highest BCUT2D eigenvalue weighted by atomic mass is 32.2. The predicted octanol–water partition coefficient (Wildman–Crippen LogP) is 2.73. The Morgan fingerprint density at radius 2 is 1.93 bits per heavy atom. The summed E-state index contributed by atoms with van der Waals surface area (Å²) in [5, 5.41) is 2.48. The molecule has 0 aliphatic carbocycles. The number of carbonyl (C=O) groups excluding carboxylic acids is 2. The number of nitrogens with zero attached hydrogens (tertiary/aromatic N) is 1. The van der Waals surface area contributed by atoms with Crippen molar-refractivity contribution < 1.29 is 22.4 Å². The summed E-state index contributed by atoms with van der Waals surface area (Å²) in [5.41, 5.74) is 1.95. The van der Waals surface area contributed by atoms with E-state index in [4.69, 9.17) is 4.42 Å². The Labute approximate surface area is 164 Å². The summed E-state index contributed by atoms with van der Waals surface area (Å²) in [5.74, 6) is -0.0545. The molecule has 142 valence electrons. The average molecular weight is 415 g/mol. The topological polar surface area (TPSA) is 118 Å². The van der Waals surface area contributed by atoms with Crippen LogP contribution in [0, 0.1) is 0 Å². The molecule has 0 bridgehead atoms. The first kappa shape index (κ1) is 18.4. The first-order valence-corrected chi connectivity index (χ1v) is 10.3. The van der Waals surface area contributed by atoms with Crippen molar-refractivity contribution in [3.63, 3.8) is 0 Å². The molecule has 10 heteroatoms. The molecule has 1 aliphatic rings. The first-order valence-electron chi connectivity index (χ1n) is 8.04. The minimum atomic E-state index is -3.52. The van der Waals surface area contributed by atoms with E-state index in [1.165, 1.54) is 25.3 Å². The molecule has 0 radical (unpaired) electrons. The lowest BCUT2D eigenvalue weighted by Crippen LogP contribution is -2.18. The van der Waals surface area contributed by atoms with E-state index < -0.39 is 21.2 Å². The molecule has 2 amide bonds. The molecule has 1 fully saturated rings. The Bertz CT molecular complexity index is 1240. The molecule has 0 unspecified atom stereocenters. The van der Waals surface area contributed by atoms with Crippen molar-refractivity contribution in [2.75, 3.05) is 7.05 Å². The number of nitrogens with one attached hydrogen (secondary N) is 2. The molecule has 0 spiro atoms. The Hall–Kier alpha value is -2.95. The number of sulfonamides is 1. The third kappa shape index (κ3) is 3.33. The van der Waals surface area contributed by atoms with Gasteiger partial charge in [0.15, 0.2) is 0 Å². The molecule has 3 heterocycles. The second-order valence-electron chi connectivity index (χ2n) is 5.84. The average Bonchev–Trinajstić information content (AvgIpc) is 3.23. The number of amides is 2. The third-order valence-corrected chi connectivity index (χ3v) is 6.34. The number of carbonyl (C=O) groups is 2. The highest BCUT2D eigenvalue weighted by molar-refractivity contribution is 8.18. The number of rotatable bonds is 4. The van der Waals surface area contributed by atoms with Crippen molar-refractivity contribution in [3.8, 4) is 11.1 Å². The fourth-order valence-electron chi connectivity index (χ4n) is 2.74. The van der Waals surface area contributed by atoms with E-state index >= 15 is 0 Å². The molecule has 1 aromatic carbocycles. The molecule has 4 rings (SSSR count). The number of benzene rings is 1. The van der Waals surface area contributed by atoms with Crippen LogP contribution in [0.4, 0.5) is 4.79 Å². The zero-order valence-electron chi connectivity index (χ0n) is 14.4. The molecule has 2 aromatic heterocycles. The number of imide groups is 1. The highest BCUT2D eigenvalue weighted by Gasteiger charge is 2.25. The van der Waals surface area contributed by atoms with Gasteiger partial charge in [-0.15, -0.1) is 0 Å². The molecule has 2 N–H and O–H groups in total. The second kappa shape index (κ2) is 6.89. The lowest BCUT2D eigenvalue weighted by molar-refractivity contribution is -0.115. The van der Waals surface area contributed by atoms with Crippen LogP contribution in [-0.4, -0.2) is 31.6 Å². The van der Waals surface area contributed by atoms with E-state index in [1.807, 2.05) is 0 Å². The van der Waals surface area contributed by atoms with Gasteiger partial charge in [-0.05, 0) is 42.6 Å². The maximum absolute atomic E-state index is 11.9. The number of pyridine rings is 1. The standard InChI is InChI=1S/C18H13N3O5S2/c1-19-28(24,25)13-4-2-10(3-5-13)14-9-20-8-11-6-12(26-16(11)14)7-15-17(22)21-18(23)27-15/h2-9,19H,1H3,(H,21,22,23). The van der Waals surface area contributed by atoms with Crippen molar-refractivity contribution in [1.29, 1.82) is 0 Å². The number of thioether (sulfide) groups is 1. The van der Waals surface area contributed by atoms with Gasteiger partial charge in [0, 0.05) is 29.4 Å². The van der Waals surface area contributed by atoms with Crippen molar-refractivity contribution >= 4 is 50.0 Å². The SMILES string of the molecule is CNS(=O)(=O)c1ccc(-c2cncc3cc(C=C4SC(=O)NC4=O)oc23)cc1. The molecule has 0 atom stereocenters. The highest BCUT2D eigenvalue weighted by Crippen LogP contribution is 2.33. The molecule has 8 nitrogen and oxygen atoms in total. The third-order valence-electron chi connectivity index (χ3n) is 4.10. The van der Waals surface area contributed by atoms with Gasteiger partial charge in [0.05, 0.1) is 9.80 Å². The maximum atomic E-state index is 11.9. The summed E-state index contributed by atoms with van der Waals surface area (Å²) in [6, 6.07) is 8.05. The Morgan fingerprint density at radius 1 is 1.18 bits per heavy atom. The largest absolute Gasteiger partial charge is 0.456 e. The van der Waals surface area contributed by atoms with Gasteiger partial charge in [0.2, 0.25) is 10.0 Å². The van der Waals surface area contributed by atoms with Crippen LogP contribution in [0.15, 0.2) is 56.9 Å². The lowest BCUT2D eigenvalue weighted by atomic mass is 10.1. The zero-order chi connectivity index (χ0) is 19.9. The summed E-state index contributed by atoms with van der Waals surface area (Å²) >= 11 is 0.808. The van der Waals surface area contributed by atoms with Crippen molar-refractivity contribution in [1.82, 2.24) is 15.0 Å². The van der Waals surface area contributed by atoms with Gasteiger partial charge in [0.1, 0.15) is 11.3 Å². The fourth-order valence-corrected chi connectivity index (χ4v) is 4.13. The Balaban J connectivity index is 1.75. The van der Waals surface area contributed by atoms with Crippen LogP contribution in [0.5, 0.6) is 0 Å². The van der Waals surface area contributed by atoms with Crippen LogP contribution in [0.2, 0.25) is 0 Å². The van der Waals surface area contributed by atoms with Gasteiger partial charge in [0.25, 0.3) is 11.1 Å². The van der Waals surface area contributed by atoms with Crippen LogP contribution < -0.4 is 10.0 Å². The quantitative estimate of drug-likeness (QED) is 0.629. The monoisotopic (exact) mass is 415 g/mol. The molecule has 1 aliphatic heterocycles. The van der Waals surface area contributed by atoms with E-state index in [0.717, 1.165) is 17.3 Å². The summed E-state index contributed by atoms with van der Waals surface area (Å²) in [4.78, 5) is 27.6. The normalized spacial score (nSPS) is 16.1.